The molecule has 1 N–H and O–H groups in total. The van der Waals surface area contributed by atoms with E-state index in [1.807, 2.05) is 12.1 Å². The quantitative estimate of drug-likeness (QED) is 0.384. The first-order valence-electron chi connectivity index (χ1n) is 11.3. The Hall–Kier alpha value is -4.60. The third-order valence-electron chi connectivity index (χ3n) is 5.32. The van der Waals surface area contributed by atoms with E-state index in [0.717, 1.165) is 10.1 Å². The average molecular weight is 489 g/mol. The molecular formula is C26H25FN6O3. The van der Waals surface area contributed by atoms with E-state index in [1.165, 1.54) is 4.57 Å². The van der Waals surface area contributed by atoms with Crippen molar-refractivity contribution in [2.24, 2.45) is 9.98 Å². The molecule has 0 amide bonds. The van der Waals surface area contributed by atoms with Gasteiger partial charge in [0.1, 0.15) is 12.4 Å². The highest BCUT2D eigenvalue weighted by Gasteiger charge is 2.09. The molecule has 184 valence electrons. The molecule has 10 heteroatoms. The molecule has 36 heavy (non-hydrogen) atoms. The Labute approximate surface area is 205 Å². The van der Waals surface area contributed by atoms with Gasteiger partial charge < -0.3 is 4.74 Å². The maximum atomic E-state index is 13.0. The Morgan fingerprint density at radius 1 is 1.00 bits per heavy atom. The molecule has 0 spiro atoms. The summed E-state index contributed by atoms with van der Waals surface area (Å²) in [5, 5.41) is 0. The van der Waals surface area contributed by atoms with E-state index in [9.17, 15) is 14.0 Å². The van der Waals surface area contributed by atoms with Crippen molar-refractivity contribution in [2.45, 2.75) is 26.7 Å². The summed E-state index contributed by atoms with van der Waals surface area (Å²) in [4.78, 5) is 41.0. The van der Waals surface area contributed by atoms with Gasteiger partial charge in [0.15, 0.2) is 0 Å². The zero-order chi connectivity index (χ0) is 25.5. The van der Waals surface area contributed by atoms with Gasteiger partial charge in [-0.15, -0.1) is 0 Å². The van der Waals surface area contributed by atoms with Gasteiger partial charge in [-0.1, -0.05) is 30.3 Å². The second-order valence-corrected chi connectivity index (χ2v) is 7.81. The molecule has 0 aliphatic heterocycles. The van der Waals surface area contributed by atoms with E-state index in [-0.39, 0.29) is 18.7 Å². The van der Waals surface area contributed by atoms with Crippen LogP contribution in [0.5, 0.6) is 11.6 Å². The zero-order valence-corrected chi connectivity index (χ0v) is 19.9. The molecule has 2 heterocycles. The number of halogens is 1. The molecule has 0 saturated carbocycles. The van der Waals surface area contributed by atoms with Gasteiger partial charge in [-0.25, -0.2) is 28.5 Å². The lowest BCUT2D eigenvalue weighted by atomic mass is 10.1. The van der Waals surface area contributed by atoms with Crippen molar-refractivity contribution in [1.82, 2.24) is 19.1 Å². The number of nitrogens with zero attached hydrogens (tertiary/aromatic N) is 5. The van der Waals surface area contributed by atoms with Gasteiger partial charge in [-0.3, -0.25) is 14.5 Å². The molecule has 0 saturated heterocycles. The van der Waals surface area contributed by atoms with E-state index in [2.05, 4.69) is 20.0 Å². The number of rotatable bonds is 8. The van der Waals surface area contributed by atoms with Crippen molar-refractivity contribution in [1.29, 1.82) is 0 Å². The summed E-state index contributed by atoms with van der Waals surface area (Å²) >= 11 is 0. The summed E-state index contributed by atoms with van der Waals surface area (Å²) in [5.74, 6) is 0.962. The van der Waals surface area contributed by atoms with Gasteiger partial charge >= 0.3 is 11.4 Å². The van der Waals surface area contributed by atoms with E-state index >= 15 is 0 Å². The Bertz CT molecular complexity index is 1550. The number of aromatic amines is 1. The Kier molecular flexibility index (Phi) is 7.64. The van der Waals surface area contributed by atoms with Crippen LogP contribution in [0.25, 0.3) is 0 Å². The minimum absolute atomic E-state index is 0.103. The van der Waals surface area contributed by atoms with E-state index < -0.39 is 18.1 Å². The van der Waals surface area contributed by atoms with Gasteiger partial charge in [-0.2, -0.15) is 0 Å². The fourth-order valence-electron chi connectivity index (χ4n) is 3.50. The van der Waals surface area contributed by atoms with Crippen molar-refractivity contribution in [3.05, 3.63) is 110 Å². The molecule has 2 aromatic carbocycles. The van der Waals surface area contributed by atoms with Gasteiger partial charge in [0.2, 0.25) is 11.5 Å². The number of H-pyrrole nitrogens is 1. The lowest BCUT2D eigenvalue weighted by molar-refractivity contribution is 0.463. The molecule has 9 nitrogen and oxygen atoms in total. The second kappa shape index (κ2) is 11.2. The molecule has 0 radical (unpaired) electrons. The minimum Gasteiger partial charge on any atom is -0.439 e. The van der Waals surface area contributed by atoms with Crippen LogP contribution < -0.4 is 21.7 Å². The van der Waals surface area contributed by atoms with Crippen LogP contribution in [0, 0.1) is 0 Å². The molecule has 0 unspecified atom stereocenters. The molecule has 4 aromatic rings. The van der Waals surface area contributed by atoms with Crippen LogP contribution in [0.3, 0.4) is 0 Å². The first-order chi connectivity index (χ1) is 17.5. The molecule has 4 rings (SSSR count). The van der Waals surface area contributed by atoms with Gasteiger partial charge in [0.05, 0.1) is 17.9 Å². The second-order valence-electron chi connectivity index (χ2n) is 7.81. The van der Waals surface area contributed by atoms with Crippen molar-refractivity contribution >= 4 is 11.9 Å². The molecule has 0 atom stereocenters. The Morgan fingerprint density at radius 2 is 1.72 bits per heavy atom. The number of aliphatic imine (C=N–C) groups is 1. The summed E-state index contributed by atoms with van der Waals surface area (Å²) < 4.78 is 21.1. The molecule has 0 aliphatic carbocycles. The third kappa shape index (κ3) is 5.72. The molecule has 2 aromatic heterocycles. The number of benzene rings is 2. The first-order valence-corrected chi connectivity index (χ1v) is 11.3. The fourth-order valence-corrected chi connectivity index (χ4v) is 3.50. The molecular weight excluding hydrogens is 463 g/mol. The van der Waals surface area contributed by atoms with Crippen molar-refractivity contribution in [2.75, 3.05) is 7.05 Å². The zero-order valence-electron chi connectivity index (χ0n) is 19.9. The topological polar surface area (TPSA) is 107 Å². The van der Waals surface area contributed by atoms with Gasteiger partial charge in [-0.05, 0) is 48.4 Å². The van der Waals surface area contributed by atoms with Crippen molar-refractivity contribution in [3.8, 4) is 11.6 Å². The highest BCUT2D eigenvalue weighted by atomic mass is 19.1. The van der Waals surface area contributed by atoms with Gasteiger partial charge in [0, 0.05) is 25.9 Å². The van der Waals surface area contributed by atoms with Crippen molar-refractivity contribution in [3.63, 3.8) is 0 Å². The summed E-state index contributed by atoms with van der Waals surface area (Å²) in [6.45, 7) is 1.52. The monoisotopic (exact) mass is 488 g/mol. The Balaban J connectivity index is 1.67. The number of alkyl halides is 1. The van der Waals surface area contributed by atoms with Crippen LogP contribution in [0.2, 0.25) is 0 Å². The fraction of sp³-hybridized carbons (Fsp3) is 0.192. The van der Waals surface area contributed by atoms with Crippen LogP contribution in [0.4, 0.5) is 10.1 Å². The molecule has 0 aliphatic rings. The largest absolute Gasteiger partial charge is 0.439 e. The summed E-state index contributed by atoms with van der Waals surface area (Å²) in [7, 11) is 1.67. The van der Waals surface area contributed by atoms with Gasteiger partial charge in [0.25, 0.3) is 0 Å². The molecule has 0 fully saturated rings. The van der Waals surface area contributed by atoms with Crippen LogP contribution in [-0.4, -0.2) is 32.4 Å². The van der Waals surface area contributed by atoms with Crippen LogP contribution >= 0.6 is 0 Å². The smallest absolute Gasteiger partial charge is 0.335 e. The number of ether oxygens (including phenoxy) is 1. The van der Waals surface area contributed by atoms with Crippen LogP contribution in [-0.2, 0) is 19.8 Å². The molecule has 0 bridgehead atoms. The predicted octanol–water partition coefficient (Wildman–Crippen LogP) is 3.34. The van der Waals surface area contributed by atoms with Crippen molar-refractivity contribution < 1.29 is 9.13 Å². The number of nitrogens with one attached hydrogen (secondary N) is 1. The average Bonchev–Trinajstić information content (AvgIpc) is 2.88. The number of hydrogen-bond acceptors (Lipinski definition) is 6. The predicted molar refractivity (Wildman–Crippen MR) is 135 cm³/mol. The maximum Gasteiger partial charge on any atom is 0.335 e. The highest BCUT2D eigenvalue weighted by Crippen LogP contribution is 2.22. The summed E-state index contributed by atoms with van der Waals surface area (Å²) in [6.07, 6.45) is 1.63. The number of aromatic nitrogens is 4. The standard InChI is InChI=1S/C26H25FN6O3/c1-3-32-25(34)31-24(33(26(32)35)17-19-9-7-18(15-27)8-10-19)30-20-11-13-22(14-12-20)36-23-6-4-5-21(29-23)16-28-2/h4-14,16H,3,15,17H2,1-2H3,(H,30,31,34)/b28-16+. The Morgan fingerprint density at radius 3 is 2.39 bits per heavy atom. The summed E-state index contributed by atoms with van der Waals surface area (Å²) in [5.41, 5.74) is 1.56. The third-order valence-corrected chi connectivity index (χ3v) is 5.32. The number of pyridine rings is 1. The first kappa shape index (κ1) is 24.5. The van der Waals surface area contributed by atoms with E-state index in [1.54, 1.807) is 74.8 Å². The SMILES string of the molecule is CCn1c(=O)[nH]/c(=N\c2ccc(Oc3cccc(/C=N/C)n3)cc2)n(Cc2ccc(CF)cc2)c1=O. The highest BCUT2D eigenvalue weighted by molar-refractivity contribution is 5.76. The van der Waals surface area contributed by atoms with E-state index in [0.29, 0.717) is 28.6 Å². The summed E-state index contributed by atoms with van der Waals surface area (Å²) in [6, 6.07) is 19.0. The lowest BCUT2D eigenvalue weighted by Gasteiger charge is -2.10. The maximum absolute atomic E-state index is 13.0. The van der Waals surface area contributed by atoms with E-state index in [4.69, 9.17) is 4.74 Å². The van der Waals surface area contributed by atoms with Crippen LogP contribution in [0.15, 0.2) is 86.3 Å². The normalized spacial score (nSPS) is 11.8. The van der Waals surface area contributed by atoms with Crippen LogP contribution in [0.1, 0.15) is 23.7 Å². The minimum atomic E-state index is -0.566. The number of hydrogen-bond donors (Lipinski definition) is 1. The lowest BCUT2D eigenvalue weighted by Crippen LogP contribution is -2.49.